The zero-order valence-corrected chi connectivity index (χ0v) is 10.7. The zero-order chi connectivity index (χ0) is 14.7. The molecule has 0 fully saturated rings. The highest BCUT2D eigenvalue weighted by molar-refractivity contribution is 5.95. The summed E-state index contributed by atoms with van der Waals surface area (Å²) >= 11 is 0. The van der Waals surface area contributed by atoms with Crippen LogP contribution in [0, 0.1) is 11.6 Å². The fourth-order valence-corrected chi connectivity index (χ4v) is 1.73. The molecule has 1 atom stereocenters. The number of hydrogen-bond acceptors (Lipinski definition) is 3. The summed E-state index contributed by atoms with van der Waals surface area (Å²) in [7, 11) is 0. The molecule has 0 bridgehead atoms. The lowest BCUT2D eigenvalue weighted by atomic mass is 10.1. The third kappa shape index (κ3) is 2.90. The molecule has 1 unspecified atom stereocenters. The number of carbonyl (C=O) groups excluding carboxylic acids is 1. The summed E-state index contributed by atoms with van der Waals surface area (Å²) in [4.78, 5) is 15.9. The van der Waals surface area contributed by atoms with Gasteiger partial charge in [-0.25, -0.2) is 8.78 Å². The maximum absolute atomic E-state index is 13.6. The highest BCUT2D eigenvalue weighted by Crippen LogP contribution is 2.18. The molecule has 2 aromatic rings. The first-order chi connectivity index (χ1) is 9.49. The lowest BCUT2D eigenvalue weighted by molar-refractivity contribution is 0.0935. The third-order valence-corrected chi connectivity index (χ3v) is 2.86. The van der Waals surface area contributed by atoms with Crippen molar-refractivity contribution in [2.45, 2.75) is 13.0 Å². The third-order valence-electron chi connectivity index (χ3n) is 2.86. The van der Waals surface area contributed by atoms with Gasteiger partial charge < -0.3 is 11.1 Å². The molecule has 1 aromatic heterocycles. The van der Waals surface area contributed by atoms with Crippen LogP contribution in [0.1, 0.15) is 28.9 Å². The number of nitrogen functional groups attached to an aromatic ring is 1. The van der Waals surface area contributed by atoms with E-state index < -0.39 is 17.5 Å². The van der Waals surface area contributed by atoms with Gasteiger partial charge in [0.05, 0.1) is 17.3 Å². The van der Waals surface area contributed by atoms with Gasteiger partial charge in [-0.15, -0.1) is 0 Å². The van der Waals surface area contributed by atoms with Crippen molar-refractivity contribution in [2.24, 2.45) is 0 Å². The van der Waals surface area contributed by atoms with Crippen LogP contribution in [-0.4, -0.2) is 10.9 Å². The summed E-state index contributed by atoms with van der Waals surface area (Å²) in [5.74, 6) is -2.50. The van der Waals surface area contributed by atoms with Crippen LogP contribution in [0.5, 0.6) is 0 Å². The first-order valence-electron chi connectivity index (χ1n) is 5.94. The summed E-state index contributed by atoms with van der Waals surface area (Å²) in [6, 6.07) is 4.73. The standard InChI is InChI=1S/C14H13F2N3O/c1-8(9-3-2-4-18-7-9)19-14(20)10-5-13(17)12(16)6-11(10)15/h2-8H,17H2,1H3,(H,19,20). The molecule has 3 N–H and O–H groups in total. The Balaban J connectivity index is 2.19. The van der Waals surface area contributed by atoms with Gasteiger partial charge in [0.25, 0.3) is 5.91 Å². The minimum atomic E-state index is -0.951. The summed E-state index contributed by atoms with van der Waals surface area (Å²) in [5, 5.41) is 2.60. The highest BCUT2D eigenvalue weighted by Gasteiger charge is 2.17. The lowest BCUT2D eigenvalue weighted by Crippen LogP contribution is -2.27. The van der Waals surface area contributed by atoms with Crippen LogP contribution in [0.15, 0.2) is 36.7 Å². The molecule has 0 saturated heterocycles. The molecule has 1 heterocycles. The molecular weight excluding hydrogens is 264 g/mol. The topological polar surface area (TPSA) is 68.0 Å². The average molecular weight is 277 g/mol. The molecule has 0 aliphatic carbocycles. The number of anilines is 1. The molecule has 0 radical (unpaired) electrons. The fourth-order valence-electron chi connectivity index (χ4n) is 1.73. The zero-order valence-electron chi connectivity index (χ0n) is 10.7. The van der Waals surface area contributed by atoms with Gasteiger partial charge in [0.2, 0.25) is 0 Å². The van der Waals surface area contributed by atoms with Gasteiger partial charge in [-0.3, -0.25) is 9.78 Å². The number of pyridine rings is 1. The molecule has 0 aliphatic heterocycles. The number of nitrogens with one attached hydrogen (secondary N) is 1. The number of carbonyl (C=O) groups is 1. The molecule has 104 valence electrons. The van der Waals surface area contributed by atoms with Crippen molar-refractivity contribution in [2.75, 3.05) is 5.73 Å². The van der Waals surface area contributed by atoms with Gasteiger partial charge in [0.1, 0.15) is 11.6 Å². The number of rotatable bonds is 3. The molecule has 2 rings (SSSR count). The van der Waals surface area contributed by atoms with Crippen LogP contribution >= 0.6 is 0 Å². The van der Waals surface area contributed by atoms with Crippen molar-refractivity contribution < 1.29 is 13.6 Å². The Labute approximate surface area is 114 Å². The van der Waals surface area contributed by atoms with Crippen LogP contribution < -0.4 is 11.1 Å². The number of halogens is 2. The van der Waals surface area contributed by atoms with Crippen LogP contribution in [0.25, 0.3) is 0 Å². The van der Waals surface area contributed by atoms with Gasteiger partial charge in [0.15, 0.2) is 0 Å². The Morgan fingerprint density at radius 2 is 2.10 bits per heavy atom. The van der Waals surface area contributed by atoms with E-state index in [9.17, 15) is 13.6 Å². The first kappa shape index (κ1) is 13.9. The van der Waals surface area contributed by atoms with Crippen molar-refractivity contribution in [1.29, 1.82) is 0 Å². The van der Waals surface area contributed by atoms with Crippen molar-refractivity contribution in [3.8, 4) is 0 Å². The Hall–Kier alpha value is -2.50. The minimum Gasteiger partial charge on any atom is -0.396 e. The van der Waals surface area contributed by atoms with Crippen LogP contribution in [0.3, 0.4) is 0 Å². The summed E-state index contributed by atoms with van der Waals surface area (Å²) in [5.41, 5.74) is 5.55. The molecule has 1 aromatic carbocycles. The molecular formula is C14H13F2N3O. The number of nitrogens with zero attached hydrogens (tertiary/aromatic N) is 1. The molecule has 0 spiro atoms. The maximum atomic E-state index is 13.6. The van der Waals surface area contributed by atoms with Gasteiger partial charge in [-0.1, -0.05) is 6.07 Å². The van der Waals surface area contributed by atoms with Gasteiger partial charge in [0, 0.05) is 18.5 Å². The SMILES string of the molecule is CC(NC(=O)c1cc(N)c(F)cc1F)c1cccnc1. The lowest BCUT2D eigenvalue weighted by Gasteiger charge is -2.14. The number of hydrogen-bond donors (Lipinski definition) is 2. The second kappa shape index (κ2) is 5.64. The Morgan fingerprint density at radius 3 is 2.75 bits per heavy atom. The second-order valence-corrected chi connectivity index (χ2v) is 4.34. The van der Waals surface area contributed by atoms with E-state index in [1.807, 2.05) is 0 Å². The Bertz CT molecular complexity index is 632. The normalized spacial score (nSPS) is 11.9. The summed E-state index contributed by atoms with van der Waals surface area (Å²) < 4.78 is 26.6. The van der Waals surface area contributed by atoms with Gasteiger partial charge in [-0.05, 0) is 24.6 Å². The van der Waals surface area contributed by atoms with E-state index in [1.54, 1.807) is 31.5 Å². The van der Waals surface area contributed by atoms with Crippen LogP contribution in [-0.2, 0) is 0 Å². The number of benzene rings is 1. The second-order valence-electron chi connectivity index (χ2n) is 4.34. The molecule has 1 amide bonds. The molecule has 0 aliphatic rings. The summed E-state index contributed by atoms with van der Waals surface area (Å²) in [6.07, 6.45) is 3.21. The van der Waals surface area contributed by atoms with E-state index >= 15 is 0 Å². The Kier molecular flexibility index (Phi) is 3.93. The highest BCUT2D eigenvalue weighted by atomic mass is 19.1. The first-order valence-corrected chi connectivity index (χ1v) is 5.94. The predicted molar refractivity (Wildman–Crippen MR) is 70.9 cm³/mol. The quantitative estimate of drug-likeness (QED) is 0.847. The predicted octanol–water partition coefficient (Wildman–Crippen LogP) is 2.43. The molecule has 6 heteroatoms. The monoisotopic (exact) mass is 277 g/mol. The number of aromatic nitrogens is 1. The van der Waals surface area contributed by atoms with E-state index in [1.165, 1.54) is 0 Å². The van der Waals surface area contributed by atoms with Crippen LogP contribution in [0.2, 0.25) is 0 Å². The number of nitrogens with two attached hydrogens (primary N) is 1. The van der Waals surface area contributed by atoms with E-state index in [-0.39, 0.29) is 17.3 Å². The van der Waals surface area contributed by atoms with Gasteiger partial charge >= 0.3 is 0 Å². The van der Waals surface area contributed by atoms with E-state index in [0.717, 1.165) is 11.6 Å². The van der Waals surface area contributed by atoms with Crippen LogP contribution in [0.4, 0.5) is 14.5 Å². The fraction of sp³-hybridized carbons (Fsp3) is 0.143. The molecule has 4 nitrogen and oxygen atoms in total. The smallest absolute Gasteiger partial charge is 0.254 e. The van der Waals surface area contributed by atoms with Crippen molar-refractivity contribution in [3.05, 3.63) is 59.4 Å². The molecule has 0 saturated carbocycles. The van der Waals surface area contributed by atoms with Crippen molar-refractivity contribution in [3.63, 3.8) is 0 Å². The largest absolute Gasteiger partial charge is 0.396 e. The van der Waals surface area contributed by atoms with E-state index in [0.29, 0.717) is 6.07 Å². The van der Waals surface area contributed by atoms with Crippen molar-refractivity contribution in [1.82, 2.24) is 10.3 Å². The summed E-state index contributed by atoms with van der Waals surface area (Å²) in [6.45, 7) is 1.74. The van der Waals surface area contributed by atoms with E-state index in [4.69, 9.17) is 5.73 Å². The van der Waals surface area contributed by atoms with E-state index in [2.05, 4.69) is 10.3 Å². The van der Waals surface area contributed by atoms with Crippen molar-refractivity contribution >= 4 is 11.6 Å². The maximum Gasteiger partial charge on any atom is 0.254 e. The minimum absolute atomic E-state index is 0.273. The average Bonchev–Trinajstić information content (AvgIpc) is 2.43. The molecule has 20 heavy (non-hydrogen) atoms. The Morgan fingerprint density at radius 1 is 1.35 bits per heavy atom. The number of amides is 1. The van der Waals surface area contributed by atoms with Gasteiger partial charge in [-0.2, -0.15) is 0 Å².